The fourth-order valence-electron chi connectivity index (χ4n) is 3.05. The SMILES string of the molecule is O[C@@]1(c2ccccc2)c2ccccc2-c2ncccc21. The number of aliphatic hydroxyl groups is 1. The second kappa shape index (κ2) is 4.02. The molecule has 0 saturated carbocycles. The highest BCUT2D eigenvalue weighted by atomic mass is 16.3. The summed E-state index contributed by atoms with van der Waals surface area (Å²) in [7, 11) is 0. The molecule has 1 aromatic heterocycles. The molecule has 0 radical (unpaired) electrons. The van der Waals surface area contributed by atoms with Crippen LogP contribution in [0.3, 0.4) is 0 Å². The largest absolute Gasteiger partial charge is 0.376 e. The average molecular weight is 259 g/mol. The minimum atomic E-state index is -1.11. The van der Waals surface area contributed by atoms with E-state index in [0.717, 1.165) is 27.9 Å². The number of fused-ring (bicyclic) bond motifs is 3. The molecule has 3 aromatic rings. The average Bonchev–Trinajstić information content (AvgIpc) is 2.80. The Balaban J connectivity index is 2.10. The van der Waals surface area contributed by atoms with Crippen LogP contribution < -0.4 is 0 Å². The monoisotopic (exact) mass is 259 g/mol. The second-order valence-electron chi connectivity index (χ2n) is 5.02. The van der Waals surface area contributed by atoms with Gasteiger partial charge in [0.05, 0.1) is 5.69 Å². The molecule has 1 N–H and O–H groups in total. The number of pyridine rings is 1. The molecule has 0 spiro atoms. The molecule has 0 unspecified atom stereocenters. The van der Waals surface area contributed by atoms with Crippen LogP contribution in [0.4, 0.5) is 0 Å². The third kappa shape index (κ3) is 1.34. The Bertz CT molecular complexity index is 735. The van der Waals surface area contributed by atoms with Crippen molar-refractivity contribution in [1.29, 1.82) is 0 Å². The van der Waals surface area contributed by atoms with Crippen LogP contribution in [0.1, 0.15) is 16.7 Å². The summed E-state index contributed by atoms with van der Waals surface area (Å²) in [6, 6.07) is 21.5. The first-order valence-corrected chi connectivity index (χ1v) is 6.65. The predicted octanol–water partition coefficient (Wildman–Crippen LogP) is 3.35. The minimum absolute atomic E-state index is 0.854. The molecule has 0 saturated heterocycles. The van der Waals surface area contributed by atoms with Gasteiger partial charge in [-0.1, -0.05) is 60.7 Å². The van der Waals surface area contributed by atoms with Gasteiger partial charge in [0.15, 0.2) is 0 Å². The molecule has 1 heterocycles. The third-order valence-electron chi connectivity index (χ3n) is 3.96. The number of hydrogen-bond acceptors (Lipinski definition) is 2. The molecule has 96 valence electrons. The maximum absolute atomic E-state index is 11.4. The summed E-state index contributed by atoms with van der Waals surface area (Å²) in [4.78, 5) is 4.46. The molecule has 4 rings (SSSR count). The lowest BCUT2D eigenvalue weighted by molar-refractivity contribution is 0.130. The maximum atomic E-state index is 11.4. The third-order valence-corrected chi connectivity index (χ3v) is 3.96. The first-order valence-electron chi connectivity index (χ1n) is 6.65. The van der Waals surface area contributed by atoms with Gasteiger partial charge >= 0.3 is 0 Å². The predicted molar refractivity (Wildman–Crippen MR) is 78.2 cm³/mol. The fourth-order valence-corrected chi connectivity index (χ4v) is 3.05. The van der Waals surface area contributed by atoms with Crippen LogP contribution in [0, 0.1) is 0 Å². The van der Waals surface area contributed by atoms with Gasteiger partial charge in [-0.2, -0.15) is 0 Å². The summed E-state index contributed by atoms with van der Waals surface area (Å²) in [5, 5.41) is 11.4. The van der Waals surface area contributed by atoms with Crippen LogP contribution >= 0.6 is 0 Å². The van der Waals surface area contributed by atoms with Gasteiger partial charge in [-0.05, 0) is 11.6 Å². The molecule has 2 aromatic carbocycles. The Morgan fingerprint density at radius 3 is 2.30 bits per heavy atom. The van der Waals surface area contributed by atoms with Crippen molar-refractivity contribution in [2.24, 2.45) is 0 Å². The zero-order chi connectivity index (χ0) is 13.6. The molecular weight excluding hydrogens is 246 g/mol. The van der Waals surface area contributed by atoms with Gasteiger partial charge in [0, 0.05) is 22.9 Å². The number of benzene rings is 2. The summed E-state index contributed by atoms with van der Waals surface area (Å²) < 4.78 is 0. The smallest absolute Gasteiger partial charge is 0.143 e. The second-order valence-corrected chi connectivity index (χ2v) is 5.02. The van der Waals surface area contributed by atoms with Gasteiger partial charge in [0.2, 0.25) is 0 Å². The number of aromatic nitrogens is 1. The van der Waals surface area contributed by atoms with Crippen LogP contribution in [0.25, 0.3) is 11.3 Å². The van der Waals surface area contributed by atoms with Crippen molar-refractivity contribution in [3.05, 3.63) is 89.6 Å². The molecule has 1 aliphatic carbocycles. The van der Waals surface area contributed by atoms with E-state index < -0.39 is 5.60 Å². The lowest BCUT2D eigenvalue weighted by Crippen LogP contribution is -2.26. The van der Waals surface area contributed by atoms with Crippen molar-refractivity contribution >= 4 is 0 Å². The molecule has 0 fully saturated rings. The molecular formula is C18H13NO. The number of rotatable bonds is 1. The fraction of sp³-hybridized carbons (Fsp3) is 0.0556. The van der Waals surface area contributed by atoms with Gasteiger partial charge in [-0.3, -0.25) is 4.98 Å². The Morgan fingerprint density at radius 2 is 1.45 bits per heavy atom. The Morgan fingerprint density at radius 1 is 0.750 bits per heavy atom. The zero-order valence-electron chi connectivity index (χ0n) is 10.8. The van der Waals surface area contributed by atoms with E-state index in [1.807, 2.05) is 66.7 Å². The molecule has 2 heteroatoms. The molecule has 2 nitrogen and oxygen atoms in total. The van der Waals surface area contributed by atoms with E-state index in [0.29, 0.717) is 0 Å². The summed E-state index contributed by atoms with van der Waals surface area (Å²) in [5.74, 6) is 0. The summed E-state index contributed by atoms with van der Waals surface area (Å²) >= 11 is 0. The number of nitrogens with zero attached hydrogens (tertiary/aromatic N) is 1. The molecule has 1 aliphatic rings. The molecule has 0 bridgehead atoms. The van der Waals surface area contributed by atoms with E-state index in [-0.39, 0.29) is 0 Å². The summed E-state index contributed by atoms with van der Waals surface area (Å²) in [5.41, 5.74) is 3.40. The maximum Gasteiger partial charge on any atom is 0.143 e. The molecule has 1 atom stereocenters. The van der Waals surface area contributed by atoms with Crippen molar-refractivity contribution in [3.8, 4) is 11.3 Å². The molecule has 0 aliphatic heterocycles. The van der Waals surface area contributed by atoms with Gasteiger partial charge in [-0.25, -0.2) is 0 Å². The van der Waals surface area contributed by atoms with Gasteiger partial charge < -0.3 is 5.11 Å². The minimum Gasteiger partial charge on any atom is -0.376 e. The molecule has 0 amide bonds. The number of hydrogen-bond donors (Lipinski definition) is 1. The van der Waals surface area contributed by atoms with E-state index >= 15 is 0 Å². The Kier molecular flexibility index (Phi) is 2.29. The first-order chi connectivity index (χ1) is 9.82. The van der Waals surface area contributed by atoms with Crippen molar-refractivity contribution in [2.75, 3.05) is 0 Å². The highest BCUT2D eigenvalue weighted by molar-refractivity contribution is 5.79. The van der Waals surface area contributed by atoms with E-state index in [1.165, 1.54) is 0 Å². The quantitative estimate of drug-likeness (QED) is 0.727. The van der Waals surface area contributed by atoms with Crippen molar-refractivity contribution in [1.82, 2.24) is 4.98 Å². The van der Waals surface area contributed by atoms with E-state index in [9.17, 15) is 5.11 Å². The van der Waals surface area contributed by atoms with E-state index in [1.54, 1.807) is 6.20 Å². The van der Waals surface area contributed by atoms with Crippen molar-refractivity contribution in [3.63, 3.8) is 0 Å². The lowest BCUT2D eigenvalue weighted by Gasteiger charge is -2.26. The highest BCUT2D eigenvalue weighted by Crippen LogP contribution is 2.49. The lowest BCUT2D eigenvalue weighted by atomic mass is 9.85. The Hall–Kier alpha value is -2.45. The van der Waals surface area contributed by atoms with Gasteiger partial charge in [0.1, 0.15) is 5.60 Å². The molecule has 20 heavy (non-hydrogen) atoms. The van der Waals surface area contributed by atoms with E-state index in [2.05, 4.69) is 4.98 Å². The van der Waals surface area contributed by atoms with Crippen LogP contribution in [-0.4, -0.2) is 10.1 Å². The van der Waals surface area contributed by atoms with Gasteiger partial charge in [0.25, 0.3) is 0 Å². The van der Waals surface area contributed by atoms with Crippen LogP contribution in [-0.2, 0) is 5.60 Å². The van der Waals surface area contributed by atoms with Crippen molar-refractivity contribution in [2.45, 2.75) is 5.60 Å². The standard InChI is InChI=1S/C18H13NO/c20-18(13-7-2-1-3-8-13)15-10-5-4-9-14(15)17-16(18)11-6-12-19-17/h1-12,20H/t18-/m0/s1. The zero-order valence-corrected chi connectivity index (χ0v) is 10.8. The topological polar surface area (TPSA) is 33.1 Å². The summed E-state index contributed by atoms with van der Waals surface area (Å²) in [6.07, 6.45) is 1.77. The van der Waals surface area contributed by atoms with Crippen molar-refractivity contribution < 1.29 is 5.11 Å². The van der Waals surface area contributed by atoms with Crippen LogP contribution in [0.2, 0.25) is 0 Å². The Labute approximate surface area is 117 Å². The van der Waals surface area contributed by atoms with Crippen LogP contribution in [0.5, 0.6) is 0 Å². The highest BCUT2D eigenvalue weighted by Gasteiger charge is 2.43. The first kappa shape index (κ1) is 11.4. The normalized spacial score (nSPS) is 19.4. The summed E-state index contributed by atoms with van der Waals surface area (Å²) in [6.45, 7) is 0. The van der Waals surface area contributed by atoms with E-state index in [4.69, 9.17) is 0 Å². The van der Waals surface area contributed by atoms with Gasteiger partial charge in [-0.15, -0.1) is 0 Å². The van der Waals surface area contributed by atoms with Crippen LogP contribution in [0.15, 0.2) is 72.9 Å².